The number of likely N-dealkylation sites (N-methyl/N-ethyl adjacent to an activating group) is 1. The Morgan fingerprint density at radius 2 is 1.98 bits per heavy atom. The Kier molecular flexibility index (Phi) is 12.3. The molecule has 1 aromatic rings. The molecule has 3 amide bonds. The van der Waals surface area contributed by atoms with Gasteiger partial charge in [0.05, 0.1) is 23.2 Å². The molecule has 4 bridgehead atoms. The number of amides is 3. The normalized spacial score (nSPS) is 31.7. The first kappa shape index (κ1) is 37.7. The molecule has 0 spiro atoms. The van der Waals surface area contributed by atoms with Crippen LogP contribution in [0.2, 0.25) is 5.02 Å². The predicted octanol–water partition coefficient (Wildman–Crippen LogP) is 3.74. The zero-order valence-corrected chi connectivity index (χ0v) is 30.0. The number of allylic oxidation sites excluding steroid dienone is 3. The molecular formula is C34H46ClN3O9S. The van der Waals surface area contributed by atoms with Crippen LogP contribution < -0.4 is 10.2 Å². The van der Waals surface area contributed by atoms with E-state index in [1.807, 2.05) is 32.1 Å². The molecule has 0 radical (unpaired) electrons. The minimum atomic E-state index is -1.79. The van der Waals surface area contributed by atoms with Crippen LogP contribution >= 0.6 is 24.2 Å². The minimum absolute atomic E-state index is 0.0250. The first-order valence-electron chi connectivity index (χ1n) is 16.0. The Morgan fingerprint density at radius 1 is 1.27 bits per heavy atom. The van der Waals surface area contributed by atoms with E-state index in [4.69, 9.17) is 30.5 Å². The summed E-state index contributed by atoms with van der Waals surface area (Å²) in [4.78, 5) is 55.1. The summed E-state index contributed by atoms with van der Waals surface area (Å²) in [5.41, 5.74) is 1.39. The number of fused-ring (bicyclic) bond motifs is 5. The third-order valence-electron chi connectivity index (χ3n) is 9.31. The van der Waals surface area contributed by atoms with Gasteiger partial charge in [-0.3, -0.25) is 14.9 Å². The smallest absolute Gasteiger partial charge is 0.409 e. The Morgan fingerprint density at radius 3 is 2.65 bits per heavy atom. The maximum absolute atomic E-state index is 13.9. The van der Waals surface area contributed by atoms with E-state index in [9.17, 15) is 24.3 Å². The first-order chi connectivity index (χ1) is 22.6. The highest BCUT2D eigenvalue weighted by Gasteiger charge is 2.56. The molecule has 3 heterocycles. The van der Waals surface area contributed by atoms with Gasteiger partial charge in [-0.25, -0.2) is 9.59 Å². The number of nitrogens with one attached hydrogen (secondary N) is 1. The van der Waals surface area contributed by atoms with E-state index in [2.05, 4.69) is 17.9 Å². The number of halogens is 1. The second-order valence-electron chi connectivity index (χ2n) is 12.9. The average molecular weight is 708 g/mol. The molecule has 48 heavy (non-hydrogen) atoms. The van der Waals surface area contributed by atoms with Crippen molar-refractivity contribution in [2.75, 3.05) is 31.9 Å². The number of methoxy groups -OCH3 is 1. The number of hydrogen-bond donors (Lipinski definition) is 3. The van der Waals surface area contributed by atoms with Gasteiger partial charge in [0, 0.05) is 40.0 Å². The lowest BCUT2D eigenvalue weighted by Gasteiger charge is -2.41. The van der Waals surface area contributed by atoms with Crippen LogP contribution in [0, 0.1) is 12.8 Å². The second-order valence-corrected chi connectivity index (χ2v) is 13.7. The number of carbonyl (C=O) groups is 4. The van der Waals surface area contributed by atoms with Crippen molar-refractivity contribution in [1.82, 2.24) is 10.2 Å². The zero-order valence-electron chi connectivity index (χ0n) is 28.4. The third-order valence-corrected chi connectivity index (χ3v) is 10.0. The van der Waals surface area contributed by atoms with Crippen LogP contribution in [0.3, 0.4) is 0 Å². The van der Waals surface area contributed by atoms with E-state index in [-0.39, 0.29) is 31.1 Å². The lowest BCUT2D eigenvalue weighted by molar-refractivity contribution is -0.159. The number of hydrogen-bond acceptors (Lipinski definition) is 10. The molecule has 12 nitrogen and oxygen atoms in total. The standard InChI is InChI=1S/C34H46ClN3O9S/c1-18-9-8-10-26(44-7)34(43)17-25(46-33(42)36-34)20(3)30-31(47-30)24(45-32(41)21(4)37(5)27(39)11-12-48)16-28(40)38(6)23-15-22(13-18)14-19(2)29(23)35/h8-10,14-15,20-21,24-26,30-31,43,48H,11-13,16-17H2,1-7H3,(H,36,42)/b10-8+,18-9+. The topological polar surface area (TPSA) is 147 Å². The Bertz CT molecular complexity index is 1470. The predicted molar refractivity (Wildman–Crippen MR) is 183 cm³/mol. The van der Waals surface area contributed by atoms with E-state index in [1.54, 1.807) is 33.0 Å². The van der Waals surface area contributed by atoms with Crippen molar-refractivity contribution in [3.63, 3.8) is 0 Å². The molecule has 3 aliphatic heterocycles. The van der Waals surface area contributed by atoms with Gasteiger partial charge in [0.1, 0.15) is 30.5 Å². The van der Waals surface area contributed by atoms with Crippen LogP contribution in [0.1, 0.15) is 51.2 Å². The van der Waals surface area contributed by atoms with Crippen molar-refractivity contribution in [2.45, 2.75) is 95.7 Å². The average Bonchev–Trinajstić information content (AvgIpc) is 3.83. The quantitative estimate of drug-likeness (QED) is 0.229. The Hall–Kier alpha value is -3.10. The summed E-state index contributed by atoms with van der Waals surface area (Å²) in [5, 5.41) is 14.5. The molecule has 264 valence electrons. The van der Waals surface area contributed by atoms with E-state index in [1.165, 1.54) is 24.0 Å². The van der Waals surface area contributed by atoms with Crippen LogP contribution in [0.5, 0.6) is 0 Å². The summed E-state index contributed by atoms with van der Waals surface area (Å²) >= 11 is 10.8. The van der Waals surface area contributed by atoms with Crippen LogP contribution in [0.25, 0.3) is 0 Å². The molecule has 0 aromatic heterocycles. The summed E-state index contributed by atoms with van der Waals surface area (Å²) < 4.78 is 23.1. The van der Waals surface area contributed by atoms with E-state index < -0.39 is 60.3 Å². The highest BCUT2D eigenvalue weighted by Crippen LogP contribution is 2.41. The van der Waals surface area contributed by atoms with E-state index >= 15 is 0 Å². The minimum Gasteiger partial charge on any atom is -0.457 e. The summed E-state index contributed by atoms with van der Waals surface area (Å²) in [5.74, 6) is -1.52. The van der Waals surface area contributed by atoms with Gasteiger partial charge in [-0.05, 0) is 50.1 Å². The summed E-state index contributed by atoms with van der Waals surface area (Å²) in [7, 11) is 4.55. The van der Waals surface area contributed by atoms with Crippen LogP contribution in [-0.4, -0.2) is 103 Å². The fourth-order valence-electron chi connectivity index (χ4n) is 6.16. The van der Waals surface area contributed by atoms with Crippen molar-refractivity contribution < 1.29 is 43.2 Å². The number of rotatable bonds is 6. The SMILES string of the molecule is COC1/C=C/C=C(\C)Cc2cc(C)c(Cl)c(c2)N(C)C(=O)CC(OC(=O)C(C)N(C)C(=O)CCS)C2OC2C(C)C2CC1(O)NC(=O)O2. The molecule has 2 N–H and O–H groups in total. The van der Waals surface area contributed by atoms with Crippen LogP contribution in [-0.2, 0) is 39.8 Å². The van der Waals surface area contributed by atoms with Crippen LogP contribution in [0.15, 0.2) is 35.9 Å². The van der Waals surface area contributed by atoms with Crippen LogP contribution in [0.4, 0.5) is 10.5 Å². The Balaban J connectivity index is 1.72. The largest absolute Gasteiger partial charge is 0.457 e. The van der Waals surface area contributed by atoms with Crippen molar-refractivity contribution in [2.24, 2.45) is 5.92 Å². The van der Waals surface area contributed by atoms with Gasteiger partial charge in [-0.2, -0.15) is 12.6 Å². The number of esters is 1. The zero-order chi connectivity index (χ0) is 35.5. The van der Waals surface area contributed by atoms with Gasteiger partial charge < -0.3 is 33.9 Å². The molecule has 14 heteroatoms. The molecule has 3 aliphatic rings. The maximum Gasteiger partial charge on any atom is 0.409 e. The van der Waals surface area contributed by atoms with Gasteiger partial charge >= 0.3 is 12.1 Å². The number of aryl methyl sites for hydroxylation is 1. The summed E-state index contributed by atoms with van der Waals surface area (Å²) in [6.45, 7) is 7.16. The fraction of sp³-hybridized carbons (Fsp3) is 0.588. The number of benzene rings is 1. The highest BCUT2D eigenvalue weighted by atomic mass is 35.5. The number of aliphatic hydroxyl groups is 1. The summed E-state index contributed by atoms with van der Waals surface area (Å²) in [6.07, 6.45) is 0.836. The monoisotopic (exact) mass is 707 g/mol. The lowest BCUT2D eigenvalue weighted by Crippen LogP contribution is -2.63. The number of anilines is 1. The van der Waals surface area contributed by atoms with Gasteiger partial charge in [0.25, 0.3) is 0 Å². The maximum atomic E-state index is 13.9. The van der Waals surface area contributed by atoms with Crippen molar-refractivity contribution in [3.05, 3.63) is 52.1 Å². The molecule has 8 atom stereocenters. The number of epoxide rings is 1. The highest BCUT2D eigenvalue weighted by molar-refractivity contribution is 7.80. The third kappa shape index (κ3) is 8.54. The van der Waals surface area contributed by atoms with E-state index in [0.717, 1.165) is 16.7 Å². The van der Waals surface area contributed by atoms with Gasteiger partial charge in [-0.15, -0.1) is 0 Å². The van der Waals surface area contributed by atoms with Crippen molar-refractivity contribution in [1.29, 1.82) is 0 Å². The molecular weight excluding hydrogens is 662 g/mol. The van der Waals surface area contributed by atoms with E-state index in [0.29, 0.717) is 22.9 Å². The fourth-order valence-corrected chi connectivity index (χ4v) is 6.59. The Labute approximate surface area is 292 Å². The molecule has 1 aromatic carbocycles. The number of thiol groups is 1. The molecule has 0 saturated carbocycles. The second kappa shape index (κ2) is 15.6. The van der Waals surface area contributed by atoms with Gasteiger partial charge in [0.2, 0.25) is 11.8 Å². The molecule has 8 unspecified atom stereocenters. The van der Waals surface area contributed by atoms with Crippen molar-refractivity contribution in [3.8, 4) is 0 Å². The van der Waals surface area contributed by atoms with Gasteiger partial charge in [-0.1, -0.05) is 48.4 Å². The lowest BCUT2D eigenvalue weighted by atomic mass is 9.87. The number of nitrogens with zero attached hydrogens (tertiary/aromatic N) is 2. The molecule has 4 rings (SSSR count). The molecule has 2 fully saturated rings. The molecule has 2 saturated heterocycles. The number of carbonyl (C=O) groups excluding carboxylic acids is 4. The molecule has 0 aliphatic carbocycles. The first-order valence-corrected chi connectivity index (χ1v) is 17.0. The summed E-state index contributed by atoms with van der Waals surface area (Å²) in [6, 6.07) is 2.86. The number of ether oxygens (including phenoxy) is 4. The van der Waals surface area contributed by atoms with Gasteiger partial charge in [0.15, 0.2) is 5.72 Å². The van der Waals surface area contributed by atoms with Crippen molar-refractivity contribution >= 4 is 53.8 Å². The number of alkyl carbamates (subject to hydrolysis) is 1.